The van der Waals surface area contributed by atoms with Crippen molar-refractivity contribution in [1.29, 1.82) is 0 Å². The SMILES string of the molecule is CC(Cc1ccc(O)cc1)NC1CCc2c(ccc(O)c2O)C1OC(=O)/C=C/C(=O)OC1c2ccc(O)c(O)c2CCC1NC(C)Cc1ccc(O)cc1. The minimum absolute atomic E-state index is 0.0661. The standard InChI is InChI=1S/C42H46N2O10/c1-23(21-25-3-7-27(45)8-4-25)43-33-15-11-29-31(13-17-35(47)39(29)51)41(33)53-37(49)19-20-38(50)54-42-32-14-18-36(48)40(52)30(32)12-16-34(42)44-24(2)22-26-5-9-28(46)10-6-26/h3-10,13-14,17-20,23-24,33-34,41-48,51-52H,11-12,15-16,21-22H2,1-2H3/b20-19+. The van der Waals surface area contributed by atoms with Crippen LogP contribution in [0.3, 0.4) is 0 Å². The number of carbonyl (C=O) groups is 2. The summed E-state index contributed by atoms with van der Waals surface area (Å²) in [5.74, 6) is -2.38. The zero-order valence-electron chi connectivity index (χ0n) is 30.1. The first-order valence-electron chi connectivity index (χ1n) is 18.1. The van der Waals surface area contributed by atoms with Crippen molar-refractivity contribution in [3.8, 4) is 34.5 Å². The number of carbonyl (C=O) groups excluding carboxylic acids is 2. The first kappa shape index (κ1) is 38.0. The van der Waals surface area contributed by atoms with Gasteiger partial charge in [0.25, 0.3) is 0 Å². The quantitative estimate of drug-likeness (QED) is 0.0523. The van der Waals surface area contributed by atoms with Crippen LogP contribution < -0.4 is 10.6 Å². The molecule has 4 aromatic rings. The van der Waals surface area contributed by atoms with Crippen LogP contribution >= 0.6 is 0 Å². The third-order valence-corrected chi connectivity index (χ3v) is 10.1. The fraction of sp³-hybridized carbons (Fsp3) is 0.333. The van der Waals surface area contributed by atoms with Gasteiger partial charge in [-0.1, -0.05) is 36.4 Å². The molecular weight excluding hydrogens is 692 g/mol. The Labute approximate surface area is 313 Å². The third kappa shape index (κ3) is 8.90. The van der Waals surface area contributed by atoms with Gasteiger partial charge in [0.2, 0.25) is 0 Å². The van der Waals surface area contributed by atoms with Crippen LogP contribution in [0.15, 0.2) is 84.9 Å². The summed E-state index contributed by atoms with van der Waals surface area (Å²) in [6.07, 6.45) is 3.33. The first-order chi connectivity index (χ1) is 25.9. The second-order valence-corrected chi connectivity index (χ2v) is 14.2. The number of fused-ring (bicyclic) bond motifs is 2. The Kier molecular flexibility index (Phi) is 11.6. The van der Waals surface area contributed by atoms with Crippen molar-refractivity contribution in [3.05, 3.63) is 118 Å². The maximum absolute atomic E-state index is 13.3. The highest BCUT2D eigenvalue weighted by Gasteiger charge is 2.37. The second kappa shape index (κ2) is 16.5. The number of benzene rings is 4. The molecule has 0 spiro atoms. The zero-order chi connectivity index (χ0) is 38.5. The fourth-order valence-corrected chi connectivity index (χ4v) is 7.59. The molecule has 54 heavy (non-hydrogen) atoms. The van der Waals surface area contributed by atoms with Gasteiger partial charge < -0.3 is 50.7 Å². The van der Waals surface area contributed by atoms with Crippen molar-refractivity contribution in [2.75, 3.05) is 0 Å². The van der Waals surface area contributed by atoms with Crippen LogP contribution in [0.25, 0.3) is 0 Å². The Morgan fingerprint density at radius 1 is 0.611 bits per heavy atom. The molecule has 12 nitrogen and oxygen atoms in total. The third-order valence-electron chi connectivity index (χ3n) is 10.1. The number of nitrogens with one attached hydrogen (secondary N) is 2. The highest BCUT2D eigenvalue weighted by Crippen LogP contribution is 2.43. The molecule has 0 heterocycles. The zero-order valence-corrected chi connectivity index (χ0v) is 30.1. The predicted octanol–water partition coefficient (Wildman–Crippen LogP) is 5.42. The van der Waals surface area contributed by atoms with Gasteiger partial charge in [-0.15, -0.1) is 0 Å². The maximum Gasteiger partial charge on any atom is 0.331 e. The highest BCUT2D eigenvalue weighted by molar-refractivity contribution is 5.92. The summed E-state index contributed by atoms with van der Waals surface area (Å²) >= 11 is 0. The lowest BCUT2D eigenvalue weighted by Gasteiger charge is -2.36. The van der Waals surface area contributed by atoms with E-state index in [9.17, 15) is 40.2 Å². The monoisotopic (exact) mass is 738 g/mol. The smallest absolute Gasteiger partial charge is 0.331 e. The van der Waals surface area contributed by atoms with E-state index in [1.807, 2.05) is 38.1 Å². The van der Waals surface area contributed by atoms with Crippen LogP contribution in [0.2, 0.25) is 0 Å². The van der Waals surface area contributed by atoms with Crippen LogP contribution in [0, 0.1) is 0 Å². The molecule has 0 saturated heterocycles. The molecule has 12 heteroatoms. The summed E-state index contributed by atoms with van der Waals surface area (Å²) in [6, 6.07) is 18.9. The van der Waals surface area contributed by atoms with Crippen LogP contribution in [-0.2, 0) is 44.7 Å². The lowest BCUT2D eigenvalue weighted by atomic mass is 9.84. The van der Waals surface area contributed by atoms with Gasteiger partial charge in [0.05, 0.1) is 0 Å². The van der Waals surface area contributed by atoms with Crippen molar-refractivity contribution >= 4 is 11.9 Å². The van der Waals surface area contributed by atoms with Crippen LogP contribution in [0.1, 0.15) is 72.3 Å². The summed E-state index contributed by atoms with van der Waals surface area (Å²) in [4.78, 5) is 26.7. The highest BCUT2D eigenvalue weighted by atomic mass is 16.6. The number of rotatable bonds is 12. The van der Waals surface area contributed by atoms with Crippen molar-refractivity contribution < 1.29 is 49.7 Å². The lowest BCUT2D eigenvalue weighted by molar-refractivity contribution is -0.148. The molecule has 0 saturated carbocycles. The number of hydrogen-bond donors (Lipinski definition) is 8. The molecule has 2 aliphatic carbocycles. The van der Waals surface area contributed by atoms with E-state index in [0.29, 0.717) is 60.8 Å². The van der Waals surface area contributed by atoms with Crippen molar-refractivity contribution in [1.82, 2.24) is 10.6 Å². The largest absolute Gasteiger partial charge is 0.508 e. The van der Waals surface area contributed by atoms with E-state index in [4.69, 9.17) is 9.47 Å². The molecule has 8 N–H and O–H groups in total. The summed E-state index contributed by atoms with van der Waals surface area (Å²) in [5, 5.41) is 67.9. The number of esters is 2. The Morgan fingerprint density at radius 2 is 0.981 bits per heavy atom. The molecule has 0 radical (unpaired) electrons. The van der Waals surface area contributed by atoms with Gasteiger partial charge in [-0.2, -0.15) is 0 Å². The number of phenols is 6. The van der Waals surface area contributed by atoms with Crippen molar-refractivity contribution in [2.24, 2.45) is 0 Å². The average molecular weight is 739 g/mol. The van der Waals surface area contributed by atoms with E-state index in [1.165, 1.54) is 12.1 Å². The molecule has 284 valence electrons. The normalized spacial score (nSPS) is 20.4. The number of aromatic hydroxyl groups is 6. The summed E-state index contributed by atoms with van der Waals surface area (Å²) < 4.78 is 11.9. The van der Waals surface area contributed by atoms with Gasteiger partial charge in [0.15, 0.2) is 23.0 Å². The Bertz CT molecular complexity index is 1850. The summed E-state index contributed by atoms with van der Waals surface area (Å²) in [7, 11) is 0. The van der Waals surface area contributed by atoms with Crippen LogP contribution in [-0.4, -0.2) is 66.7 Å². The lowest BCUT2D eigenvalue weighted by Crippen LogP contribution is -2.45. The molecule has 0 aliphatic heterocycles. The van der Waals surface area contributed by atoms with E-state index >= 15 is 0 Å². The van der Waals surface area contributed by atoms with Crippen molar-refractivity contribution in [2.45, 2.75) is 88.7 Å². The summed E-state index contributed by atoms with van der Waals surface area (Å²) in [5.41, 5.74) is 4.02. The molecule has 0 amide bonds. The summed E-state index contributed by atoms with van der Waals surface area (Å²) in [6.45, 7) is 3.98. The van der Waals surface area contributed by atoms with Gasteiger partial charge >= 0.3 is 11.9 Å². The molecule has 0 fully saturated rings. The molecule has 6 unspecified atom stereocenters. The Morgan fingerprint density at radius 3 is 1.35 bits per heavy atom. The van der Waals surface area contributed by atoms with Gasteiger partial charge in [-0.05, 0) is 99.9 Å². The molecule has 6 rings (SSSR count). The van der Waals surface area contributed by atoms with Gasteiger partial charge in [0, 0.05) is 58.6 Å². The molecular formula is C42H46N2O10. The predicted molar refractivity (Wildman–Crippen MR) is 199 cm³/mol. The van der Waals surface area contributed by atoms with Gasteiger partial charge in [-0.3, -0.25) is 0 Å². The maximum atomic E-state index is 13.3. The molecule has 0 bridgehead atoms. The topological polar surface area (TPSA) is 198 Å². The van der Waals surface area contributed by atoms with E-state index in [0.717, 1.165) is 23.3 Å². The molecule has 4 aromatic carbocycles. The van der Waals surface area contributed by atoms with Gasteiger partial charge in [0.1, 0.15) is 23.7 Å². The molecule has 0 aromatic heterocycles. The molecule has 6 atom stereocenters. The molecule has 2 aliphatic rings. The van der Waals surface area contributed by atoms with Crippen LogP contribution in [0.5, 0.6) is 34.5 Å². The van der Waals surface area contributed by atoms with E-state index in [-0.39, 0.29) is 58.7 Å². The van der Waals surface area contributed by atoms with Crippen LogP contribution in [0.4, 0.5) is 0 Å². The Hall–Kier alpha value is -5.72. The Balaban J connectivity index is 1.16. The second-order valence-electron chi connectivity index (χ2n) is 14.2. The van der Waals surface area contributed by atoms with E-state index in [1.54, 1.807) is 36.4 Å². The number of ether oxygens (including phenoxy) is 2. The van der Waals surface area contributed by atoms with E-state index < -0.39 is 24.1 Å². The fourth-order valence-electron chi connectivity index (χ4n) is 7.59. The first-order valence-corrected chi connectivity index (χ1v) is 18.1. The average Bonchev–Trinajstić information content (AvgIpc) is 3.14. The minimum atomic E-state index is -0.861. The van der Waals surface area contributed by atoms with E-state index in [2.05, 4.69) is 10.6 Å². The number of hydrogen-bond acceptors (Lipinski definition) is 12. The number of phenolic OH excluding ortho intramolecular Hbond substituents is 6. The minimum Gasteiger partial charge on any atom is -0.508 e. The van der Waals surface area contributed by atoms with Crippen molar-refractivity contribution in [3.63, 3.8) is 0 Å². The van der Waals surface area contributed by atoms with Gasteiger partial charge in [-0.25, -0.2) is 9.59 Å².